The van der Waals surface area contributed by atoms with Crippen molar-refractivity contribution >= 4 is 5.69 Å². The van der Waals surface area contributed by atoms with Crippen molar-refractivity contribution < 1.29 is 13.9 Å². The van der Waals surface area contributed by atoms with E-state index >= 15 is 0 Å². The van der Waals surface area contributed by atoms with Crippen molar-refractivity contribution in [2.24, 2.45) is 0 Å². The van der Waals surface area contributed by atoms with Crippen LogP contribution in [0.5, 0.6) is 11.5 Å². The van der Waals surface area contributed by atoms with Gasteiger partial charge >= 0.3 is 0 Å². The molecule has 0 aliphatic heterocycles. The average Bonchev–Trinajstić information content (AvgIpc) is 2.43. The summed E-state index contributed by atoms with van der Waals surface area (Å²) in [6.45, 7) is 0.153. The number of methoxy groups -OCH3 is 1. The van der Waals surface area contributed by atoms with Gasteiger partial charge in [0.05, 0.1) is 18.7 Å². The summed E-state index contributed by atoms with van der Waals surface area (Å²) in [6, 6.07) is 11.1. The second-order valence-electron chi connectivity index (χ2n) is 4.19. The monoisotopic (exact) mass is 272 g/mol. The first-order chi connectivity index (χ1) is 9.60. The van der Waals surface area contributed by atoms with Gasteiger partial charge in [0, 0.05) is 11.8 Å². The van der Waals surface area contributed by atoms with Crippen molar-refractivity contribution in [3.8, 4) is 17.6 Å². The van der Waals surface area contributed by atoms with Gasteiger partial charge in [-0.3, -0.25) is 0 Å². The van der Waals surface area contributed by atoms with Gasteiger partial charge in [0.1, 0.15) is 23.9 Å². The molecule has 2 aromatic rings. The smallest absolute Gasteiger partial charge is 0.125 e. The van der Waals surface area contributed by atoms with Crippen molar-refractivity contribution in [3.05, 3.63) is 53.3 Å². The summed E-state index contributed by atoms with van der Waals surface area (Å²) in [5, 5.41) is 8.91. The van der Waals surface area contributed by atoms with Crippen molar-refractivity contribution in [1.29, 1.82) is 5.26 Å². The molecule has 102 valence electrons. The molecule has 2 rings (SSSR count). The van der Waals surface area contributed by atoms with Crippen LogP contribution in [-0.4, -0.2) is 7.11 Å². The van der Waals surface area contributed by atoms with Gasteiger partial charge in [-0.1, -0.05) is 0 Å². The van der Waals surface area contributed by atoms with Crippen LogP contribution in [0, 0.1) is 17.1 Å². The Labute approximate surface area is 116 Å². The maximum atomic E-state index is 13.2. The van der Waals surface area contributed by atoms with Crippen molar-refractivity contribution in [2.75, 3.05) is 12.8 Å². The summed E-state index contributed by atoms with van der Waals surface area (Å²) in [5.41, 5.74) is 6.94. The van der Waals surface area contributed by atoms with Crippen LogP contribution in [0.15, 0.2) is 36.4 Å². The summed E-state index contributed by atoms with van der Waals surface area (Å²) in [5.74, 6) is 0.591. The van der Waals surface area contributed by atoms with Crippen LogP contribution in [0.2, 0.25) is 0 Å². The van der Waals surface area contributed by atoms with Gasteiger partial charge in [-0.2, -0.15) is 5.26 Å². The number of benzene rings is 2. The highest BCUT2D eigenvalue weighted by atomic mass is 19.1. The average molecular weight is 272 g/mol. The first kappa shape index (κ1) is 13.7. The molecule has 0 unspecified atom stereocenters. The second-order valence-corrected chi connectivity index (χ2v) is 4.19. The minimum Gasteiger partial charge on any atom is -0.497 e. The zero-order valence-corrected chi connectivity index (χ0v) is 10.9. The van der Waals surface area contributed by atoms with E-state index < -0.39 is 5.82 Å². The summed E-state index contributed by atoms with van der Waals surface area (Å²) in [6.07, 6.45) is 0. The highest BCUT2D eigenvalue weighted by molar-refractivity contribution is 5.44. The lowest BCUT2D eigenvalue weighted by atomic mass is 10.2. The summed E-state index contributed by atoms with van der Waals surface area (Å²) in [7, 11) is 1.51. The third-order valence-corrected chi connectivity index (χ3v) is 2.63. The summed E-state index contributed by atoms with van der Waals surface area (Å²) < 4.78 is 23.8. The fraction of sp³-hybridized carbons (Fsp3) is 0.133. The van der Waals surface area contributed by atoms with E-state index in [0.29, 0.717) is 28.3 Å². The number of nitriles is 1. The van der Waals surface area contributed by atoms with E-state index in [9.17, 15) is 4.39 Å². The highest BCUT2D eigenvalue weighted by Crippen LogP contribution is 2.23. The van der Waals surface area contributed by atoms with Crippen LogP contribution in [-0.2, 0) is 6.61 Å². The zero-order valence-electron chi connectivity index (χ0n) is 10.9. The van der Waals surface area contributed by atoms with Gasteiger partial charge in [-0.05, 0) is 35.9 Å². The summed E-state index contributed by atoms with van der Waals surface area (Å²) in [4.78, 5) is 0. The lowest BCUT2D eigenvalue weighted by Gasteiger charge is -2.09. The molecule has 0 aliphatic carbocycles. The molecule has 0 bridgehead atoms. The number of ether oxygens (including phenoxy) is 2. The number of halogens is 1. The minimum absolute atomic E-state index is 0.153. The van der Waals surface area contributed by atoms with Crippen LogP contribution in [0.3, 0.4) is 0 Å². The number of hydrogen-bond acceptors (Lipinski definition) is 4. The maximum absolute atomic E-state index is 13.2. The Bertz CT molecular complexity index is 645. The molecule has 2 N–H and O–H groups in total. The minimum atomic E-state index is -0.410. The Morgan fingerprint density at radius 3 is 2.55 bits per heavy atom. The Morgan fingerprint density at radius 1 is 1.15 bits per heavy atom. The Balaban J connectivity index is 2.16. The zero-order chi connectivity index (χ0) is 14.5. The van der Waals surface area contributed by atoms with Crippen LogP contribution < -0.4 is 15.2 Å². The Hall–Kier alpha value is -2.74. The van der Waals surface area contributed by atoms with E-state index in [1.165, 1.54) is 19.2 Å². The third-order valence-electron chi connectivity index (χ3n) is 2.63. The van der Waals surface area contributed by atoms with Crippen LogP contribution in [0.25, 0.3) is 0 Å². The van der Waals surface area contributed by atoms with E-state index in [4.69, 9.17) is 20.5 Å². The molecule has 20 heavy (non-hydrogen) atoms. The topological polar surface area (TPSA) is 68.3 Å². The normalized spacial score (nSPS) is 9.85. The molecule has 5 heteroatoms. The number of rotatable bonds is 4. The third kappa shape index (κ3) is 3.39. The van der Waals surface area contributed by atoms with Gasteiger partial charge in [0.15, 0.2) is 0 Å². The summed E-state index contributed by atoms with van der Waals surface area (Å²) >= 11 is 0. The molecule has 4 nitrogen and oxygen atoms in total. The molecule has 0 saturated carbocycles. The Kier molecular flexibility index (Phi) is 4.06. The number of nitrogens with two attached hydrogens (primary N) is 1. The van der Waals surface area contributed by atoms with E-state index in [2.05, 4.69) is 0 Å². The molecule has 0 radical (unpaired) electrons. The second kappa shape index (κ2) is 5.93. The SMILES string of the molecule is COc1cc(C#N)cc(OCc2cc(N)cc(F)c2)c1. The number of nitrogens with zero attached hydrogens (tertiary/aromatic N) is 1. The van der Waals surface area contributed by atoms with Crippen molar-refractivity contribution in [1.82, 2.24) is 0 Å². The van der Waals surface area contributed by atoms with E-state index in [1.54, 1.807) is 24.3 Å². The van der Waals surface area contributed by atoms with E-state index in [1.807, 2.05) is 6.07 Å². The molecule has 0 fully saturated rings. The predicted octanol–water partition coefficient (Wildman–Crippen LogP) is 2.87. The molecule has 2 aromatic carbocycles. The molecular formula is C15H13FN2O2. The molecular weight excluding hydrogens is 259 g/mol. The van der Waals surface area contributed by atoms with Crippen molar-refractivity contribution in [3.63, 3.8) is 0 Å². The van der Waals surface area contributed by atoms with Gasteiger partial charge in [0.2, 0.25) is 0 Å². The number of anilines is 1. The van der Waals surface area contributed by atoms with Gasteiger partial charge in [-0.15, -0.1) is 0 Å². The molecule has 0 aromatic heterocycles. The number of nitrogen functional groups attached to an aromatic ring is 1. The fourth-order valence-electron chi connectivity index (χ4n) is 1.76. The maximum Gasteiger partial charge on any atom is 0.125 e. The molecule has 0 saturated heterocycles. The van der Waals surface area contributed by atoms with Crippen LogP contribution in [0.1, 0.15) is 11.1 Å². The van der Waals surface area contributed by atoms with Gasteiger partial charge in [0.25, 0.3) is 0 Å². The molecule has 0 spiro atoms. The standard InChI is InChI=1S/C15H13FN2O2/c1-19-14-4-10(8-17)5-15(7-14)20-9-11-2-12(16)6-13(18)3-11/h2-7H,9,18H2,1H3. The molecule has 0 atom stereocenters. The van der Waals surface area contributed by atoms with Crippen LogP contribution in [0.4, 0.5) is 10.1 Å². The van der Waals surface area contributed by atoms with Crippen LogP contribution >= 0.6 is 0 Å². The highest BCUT2D eigenvalue weighted by Gasteiger charge is 2.04. The molecule has 0 aliphatic rings. The predicted molar refractivity (Wildman–Crippen MR) is 72.9 cm³/mol. The lowest BCUT2D eigenvalue weighted by molar-refractivity contribution is 0.303. The fourth-order valence-corrected chi connectivity index (χ4v) is 1.76. The Morgan fingerprint density at radius 2 is 1.90 bits per heavy atom. The molecule has 0 amide bonds. The van der Waals surface area contributed by atoms with E-state index in [0.717, 1.165) is 0 Å². The van der Waals surface area contributed by atoms with Gasteiger partial charge in [-0.25, -0.2) is 4.39 Å². The molecule has 0 heterocycles. The van der Waals surface area contributed by atoms with Gasteiger partial charge < -0.3 is 15.2 Å². The first-order valence-corrected chi connectivity index (χ1v) is 5.87. The quantitative estimate of drug-likeness (QED) is 0.869. The largest absolute Gasteiger partial charge is 0.497 e. The number of hydrogen-bond donors (Lipinski definition) is 1. The van der Waals surface area contributed by atoms with E-state index in [-0.39, 0.29) is 6.61 Å². The lowest BCUT2D eigenvalue weighted by Crippen LogP contribution is -1.98. The first-order valence-electron chi connectivity index (χ1n) is 5.87. The van der Waals surface area contributed by atoms with Crippen molar-refractivity contribution in [2.45, 2.75) is 6.61 Å².